The lowest BCUT2D eigenvalue weighted by atomic mass is 10.3. The third-order valence-electron chi connectivity index (χ3n) is 1.83. The van der Waals surface area contributed by atoms with Gasteiger partial charge in [0, 0.05) is 5.71 Å². The van der Waals surface area contributed by atoms with Gasteiger partial charge in [-0.3, -0.25) is 0 Å². The van der Waals surface area contributed by atoms with Gasteiger partial charge >= 0.3 is 0 Å². The Morgan fingerprint density at radius 3 is 2.27 bits per heavy atom. The first-order chi connectivity index (χ1) is 6.95. The minimum atomic E-state index is -3.36. The van der Waals surface area contributed by atoms with Gasteiger partial charge in [0.15, 0.2) is 9.84 Å². The van der Waals surface area contributed by atoms with Gasteiger partial charge in [0.25, 0.3) is 0 Å². The van der Waals surface area contributed by atoms with Crippen molar-refractivity contribution in [3.63, 3.8) is 0 Å². The smallest absolute Gasteiger partial charge is 0.183 e. The Hall–Kier alpha value is -1.36. The highest BCUT2D eigenvalue weighted by atomic mass is 32.2. The maximum Gasteiger partial charge on any atom is 0.183 e. The van der Waals surface area contributed by atoms with Crippen LogP contribution in [0.2, 0.25) is 0 Å². The fourth-order valence-electron chi connectivity index (χ4n) is 1.15. The van der Waals surface area contributed by atoms with Crippen LogP contribution in [0.4, 0.5) is 0 Å². The summed E-state index contributed by atoms with van der Waals surface area (Å²) in [5, 5.41) is 7.17. The summed E-state index contributed by atoms with van der Waals surface area (Å²) in [6.07, 6.45) is 0. The zero-order valence-electron chi connectivity index (χ0n) is 8.65. The zero-order chi connectivity index (χ0) is 11.5. The fourth-order valence-corrected chi connectivity index (χ4v) is 2.44. The van der Waals surface area contributed by atoms with Gasteiger partial charge in [-0.05, 0) is 31.2 Å². The minimum absolute atomic E-state index is 0.130. The molecule has 4 nitrogen and oxygen atoms in total. The predicted molar refractivity (Wildman–Crippen MR) is 58.4 cm³/mol. The number of benzene rings is 1. The van der Waals surface area contributed by atoms with Crippen molar-refractivity contribution in [3.05, 3.63) is 24.3 Å². The molecule has 0 fully saturated rings. The van der Waals surface area contributed by atoms with Crippen LogP contribution in [0.5, 0.6) is 5.75 Å². The lowest BCUT2D eigenvalue weighted by molar-refractivity contribution is 0.414. The summed E-state index contributed by atoms with van der Waals surface area (Å²) < 4.78 is 28.2. The highest BCUT2D eigenvalue weighted by Crippen LogP contribution is 2.16. The van der Waals surface area contributed by atoms with Gasteiger partial charge in [-0.1, -0.05) is 0 Å². The molecular formula is C10H13NO3S. The number of methoxy groups -OCH3 is 1. The molecule has 0 atom stereocenters. The van der Waals surface area contributed by atoms with E-state index in [0.717, 1.165) is 0 Å². The largest absolute Gasteiger partial charge is 0.497 e. The van der Waals surface area contributed by atoms with E-state index < -0.39 is 9.84 Å². The van der Waals surface area contributed by atoms with Crippen LogP contribution in [0.3, 0.4) is 0 Å². The van der Waals surface area contributed by atoms with E-state index in [1.807, 2.05) is 0 Å². The Bertz CT molecular complexity index is 448. The van der Waals surface area contributed by atoms with Crippen LogP contribution in [0.1, 0.15) is 6.92 Å². The topological polar surface area (TPSA) is 67.2 Å². The Morgan fingerprint density at radius 2 is 1.87 bits per heavy atom. The standard InChI is InChI=1S/C10H13NO3S/c1-8(11)7-15(12,13)10-5-3-9(14-2)4-6-10/h3-6,11H,7H2,1-2H3. The molecule has 1 rings (SSSR count). The number of rotatable bonds is 4. The monoisotopic (exact) mass is 227 g/mol. The molecule has 1 aromatic rings. The van der Waals surface area contributed by atoms with Gasteiger partial charge in [0.2, 0.25) is 0 Å². The normalized spacial score (nSPS) is 11.1. The molecule has 1 N–H and O–H groups in total. The molecule has 15 heavy (non-hydrogen) atoms. The Labute approximate surface area is 89.3 Å². The van der Waals surface area contributed by atoms with Crippen molar-refractivity contribution in [1.82, 2.24) is 0 Å². The fraction of sp³-hybridized carbons (Fsp3) is 0.300. The summed E-state index contributed by atoms with van der Waals surface area (Å²) in [7, 11) is -1.85. The molecule has 0 unspecified atom stereocenters. The van der Waals surface area contributed by atoms with Crippen LogP contribution >= 0.6 is 0 Å². The molecule has 0 saturated carbocycles. The maximum absolute atomic E-state index is 11.7. The number of hydrogen-bond donors (Lipinski definition) is 1. The zero-order valence-corrected chi connectivity index (χ0v) is 9.47. The Morgan fingerprint density at radius 1 is 1.33 bits per heavy atom. The molecule has 0 heterocycles. The molecule has 0 amide bonds. The minimum Gasteiger partial charge on any atom is -0.497 e. The van der Waals surface area contributed by atoms with Crippen molar-refractivity contribution in [3.8, 4) is 5.75 Å². The van der Waals surface area contributed by atoms with E-state index in [1.54, 1.807) is 12.1 Å². The van der Waals surface area contributed by atoms with Crippen LogP contribution in [-0.2, 0) is 9.84 Å². The number of ether oxygens (including phenoxy) is 1. The summed E-state index contributed by atoms with van der Waals surface area (Å²) in [5.74, 6) is 0.375. The number of nitrogens with one attached hydrogen (secondary N) is 1. The van der Waals surface area contributed by atoms with Gasteiger partial charge in [0.05, 0.1) is 17.8 Å². The highest BCUT2D eigenvalue weighted by molar-refractivity contribution is 7.92. The van der Waals surface area contributed by atoms with Crippen molar-refractivity contribution in [2.45, 2.75) is 11.8 Å². The Kier molecular flexibility index (Phi) is 3.47. The summed E-state index contributed by atoms with van der Waals surface area (Å²) in [6.45, 7) is 1.47. The molecular weight excluding hydrogens is 214 g/mol. The molecule has 82 valence electrons. The lowest BCUT2D eigenvalue weighted by Gasteiger charge is -2.04. The quantitative estimate of drug-likeness (QED) is 0.793. The first-order valence-electron chi connectivity index (χ1n) is 4.36. The van der Waals surface area contributed by atoms with E-state index in [2.05, 4.69) is 0 Å². The van der Waals surface area contributed by atoms with E-state index in [4.69, 9.17) is 10.1 Å². The van der Waals surface area contributed by atoms with Crippen LogP contribution in [0.25, 0.3) is 0 Å². The summed E-state index contributed by atoms with van der Waals surface area (Å²) in [4.78, 5) is 0.218. The van der Waals surface area contributed by atoms with E-state index >= 15 is 0 Å². The van der Waals surface area contributed by atoms with Crippen molar-refractivity contribution in [2.24, 2.45) is 0 Å². The maximum atomic E-state index is 11.7. The molecule has 1 aromatic carbocycles. The third kappa shape index (κ3) is 3.06. The van der Waals surface area contributed by atoms with Gasteiger partial charge in [-0.15, -0.1) is 0 Å². The van der Waals surface area contributed by atoms with E-state index in [9.17, 15) is 8.42 Å². The van der Waals surface area contributed by atoms with Crippen LogP contribution < -0.4 is 4.74 Å². The number of sulfone groups is 1. The van der Waals surface area contributed by atoms with Crippen molar-refractivity contribution >= 4 is 15.5 Å². The summed E-state index contributed by atoms with van der Waals surface area (Å²) in [5.41, 5.74) is 0.130. The second-order valence-corrected chi connectivity index (χ2v) is 5.20. The van der Waals surface area contributed by atoms with Crippen LogP contribution in [-0.4, -0.2) is 27.0 Å². The molecule has 0 radical (unpaired) electrons. The highest BCUT2D eigenvalue weighted by Gasteiger charge is 2.14. The molecule has 0 bridgehead atoms. The molecule has 0 aliphatic heterocycles. The third-order valence-corrected chi connectivity index (χ3v) is 3.63. The second kappa shape index (κ2) is 4.44. The van der Waals surface area contributed by atoms with Crippen LogP contribution in [0.15, 0.2) is 29.2 Å². The first-order valence-corrected chi connectivity index (χ1v) is 6.02. The summed E-state index contributed by atoms with van der Waals surface area (Å²) in [6, 6.07) is 6.15. The molecule has 0 aliphatic carbocycles. The van der Waals surface area contributed by atoms with Crippen molar-refractivity contribution in [1.29, 1.82) is 5.41 Å². The molecule has 5 heteroatoms. The van der Waals surface area contributed by atoms with Crippen LogP contribution in [0, 0.1) is 5.41 Å². The SMILES string of the molecule is COc1ccc(S(=O)(=O)CC(C)=N)cc1. The van der Waals surface area contributed by atoms with Crippen molar-refractivity contribution in [2.75, 3.05) is 12.9 Å². The molecule has 0 aromatic heterocycles. The van der Waals surface area contributed by atoms with Gasteiger partial charge < -0.3 is 10.1 Å². The molecule has 0 aliphatic rings. The average molecular weight is 227 g/mol. The van der Waals surface area contributed by atoms with Gasteiger partial charge in [-0.2, -0.15) is 0 Å². The Balaban J connectivity index is 3.01. The van der Waals surface area contributed by atoms with Gasteiger partial charge in [0.1, 0.15) is 5.75 Å². The van der Waals surface area contributed by atoms with E-state index in [-0.39, 0.29) is 16.4 Å². The summed E-state index contributed by atoms with van der Waals surface area (Å²) >= 11 is 0. The van der Waals surface area contributed by atoms with E-state index in [1.165, 1.54) is 26.2 Å². The average Bonchev–Trinajstić information content (AvgIpc) is 2.16. The lowest BCUT2D eigenvalue weighted by Crippen LogP contribution is -2.12. The van der Waals surface area contributed by atoms with E-state index in [0.29, 0.717) is 5.75 Å². The predicted octanol–water partition coefficient (Wildman–Crippen LogP) is 1.51. The second-order valence-electron chi connectivity index (χ2n) is 3.21. The van der Waals surface area contributed by atoms with Crippen molar-refractivity contribution < 1.29 is 13.2 Å². The first kappa shape index (κ1) is 11.7. The molecule has 0 spiro atoms. The van der Waals surface area contributed by atoms with Gasteiger partial charge in [-0.25, -0.2) is 8.42 Å². The molecule has 0 saturated heterocycles. The number of hydrogen-bond acceptors (Lipinski definition) is 4.